The first kappa shape index (κ1) is 26.9. The molecule has 2 aromatic carbocycles. The van der Waals surface area contributed by atoms with Crippen LogP contribution in [0.15, 0.2) is 53.3 Å². The highest BCUT2D eigenvalue weighted by Gasteiger charge is 2.22. The van der Waals surface area contributed by atoms with E-state index in [1.165, 1.54) is 32.1 Å². The van der Waals surface area contributed by atoms with Crippen LogP contribution >= 0.6 is 0 Å². The average molecular weight is 507 g/mol. The lowest BCUT2D eigenvalue weighted by Crippen LogP contribution is -2.27. The van der Waals surface area contributed by atoms with Crippen molar-refractivity contribution in [3.05, 3.63) is 81.5 Å². The standard InChI is InChI=1S/C31H39FN2O3/c1-22(2)12-17-28-29(20-32)33(19-18-23-8-4-3-5-9-23)31(37)34(28)21-24-13-15-25(16-14-24)26-10-6-7-11-27(26)30(35)36/h6-7,10-11,13-16,22-23H,3-5,8-9,12,17-21H2,1-2H3,(H,35,36). The van der Waals surface area contributed by atoms with Crippen LogP contribution in [0.25, 0.3) is 11.1 Å². The Labute approximate surface area is 219 Å². The van der Waals surface area contributed by atoms with Crippen LogP contribution in [0.5, 0.6) is 0 Å². The number of halogens is 1. The minimum Gasteiger partial charge on any atom is -0.478 e. The van der Waals surface area contributed by atoms with Crippen molar-refractivity contribution in [1.82, 2.24) is 9.13 Å². The van der Waals surface area contributed by atoms with E-state index in [0.29, 0.717) is 42.6 Å². The summed E-state index contributed by atoms with van der Waals surface area (Å²) in [7, 11) is 0. The number of hydrogen-bond donors (Lipinski definition) is 1. The minimum absolute atomic E-state index is 0.123. The van der Waals surface area contributed by atoms with Crippen LogP contribution in [-0.4, -0.2) is 20.2 Å². The highest BCUT2D eigenvalue weighted by molar-refractivity contribution is 5.95. The number of benzene rings is 2. The maximum atomic E-state index is 14.4. The molecule has 198 valence electrons. The van der Waals surface area contributed by atoms with Crippen molar-refractivity contribution in [1.29, 1.82) is 0 Å². The third-order valence-corrected chi connectivity index (χ3v) is 7.78. The van der Waals surface area contributed by atoms with Crippen LogP contribution in [0, 0.1) is 11.8 Å². The molecule has 1 aromatic heterocycles. The third-order valence-electron chi connectivity index (χ3n) is 7.78. The number of nitrogens with zero attached hydrogens (tertiary/aromatic N) is 2. The molecule has 0 saturated heterocycles. The lowest BCUT2D eigenvalue weighted by molar-refractivity contribution is 0.0697. The van der Waals surface area contributed by atoms with E-state index in [-0.39, 0.29) is 11.3 Å². The predicted molar refractivity (Wildman–Crippen MR) is 146 cm³/mol. The monoisotopic (exact) mass is 506 g/mol. The van der Waals surface area contributed by atoms with Gasteiger partial charge in [0.05, 0.1) is 17.8 Å². The van der Waals surface area contributed by atoms with Crippen molar-refractivity contribution < 1.29 is 14.3 Å². The summed E-state index contributed by atoms with van der Waals surface area (Å²) in [6, 6.07) is 14.6. The molecule has 1 heterocycles. The number of carbonyl (C=O) groups is 1. The maximum absolute atomic E-state index is 14.4. The molecule has 4 rings (SSSR count). The third kappa shape index (κ3) is 6.41. The Bertz CT molecular complexity index is 1250. The van der Waals surface area contributed by atoms with E-state index in [9.17, 15) is 19.1 Å². The zero-order valence-electron chi connectivity index (χ0n) is 22.1. The molecule has 0 atom stereocenters. The van der Waals surface area contributed by atoms with E-state index in [0.717, 1.165) is 29.7 Å². The molecule has 1 N–H and O–H groups in total. The van der Waals surface area contributed by atoms with E-state index in [4.69, 9.17) is 0 Å². The molecule has 6 heteroatoms. The highest BCUT2D eigenvalue weighted by atomic mass is 19.1. The Hall–Kier alpha value is -3.15. The largest absolute Gasteiger partial charge is 0.478 e. The van der Waals surface area contributed by atoms with Crippen molar-refractivity contribution in [2.24, 2.45) is 11.8 Å². The molecule has 0 bridgehead atoms. The van der Waals surface area contributed by atoms with Crippen molar-refractivity contribution in [2.45, 2.75) is 85.0 Å². The van der Waals surface area contributed by atoms with Gasteiger partial charge in [0, 0.05) is 12.2 Å². The van der Waals surface area contributed by atoms with Crippen molar-refractivity contribution in [2.75, 3.05) is 0 Å². The summed E-state index contributed by atoms with van der Waals surface area (Å²) in [5.41, 5.74) is 3.87. The van der Waals surface area contributed by atoms with E-state index < -0.39 is 12.6 Å². The number of carboxylic acid groups (broad SMARTS) is 1. The van der Waals surface area contributed by atoms with Gasteiger partial charge in [-0.1, -0.05) is 88.4 Å². The molecule has 3 aromatic rings. The molecular formula is C31H39FN2O3. The normalized spacial score (nSPS) is 14.4. The molecule has 0 unspecified atom stereocenters. The van der Waals surface area contributed by atoms with Gasteiger partial charge in [0.1, 0.15) is 6.67 Å². The fraction of sp³-hybridized carbons (Fsp3) is 0.484. The summed E-state index contributed by atoms with van der Waals surface area (Å²) in [5, 5.41) is 9.53. The summed E-state index contributed by atoms with van der Waals surface area (Å²) in [6.45, 7) is 4.60. The summed E-state index contributed by atoms with van der Waals surface area (Å²) in [6.07, 6.45) is 8.71. The molecule has 1 saturated carbocycles. The fourth-order valence-electron chi connectivity index (χ4n) is 5.62. The Morgan fingerprint density at radius 2 is 1.70 bits per heavy atom. The van der Waals surface area contributed by atoms with Crippen LogP contribution in [0.2, 0.25) is 0 Å². The van der Waals surface area contributed by atoms with Gasteiger partial charge in [-0.3, -0.25) is 9.13 Å². The molecule has 1 fully saturated rings. The second kappa shape index (κ2) is 12.4. The highest BCUT2D eigenvalue weighted by Crippen LogP contribution is 2.28. The van der Waals surface area contributed by atoms with Crippen LogP contribution in [0.1, 0.15) is 86.1 Å². The quantitative estimate of drug-likeness (QED) is 0.302. The molecular weight excluding hydrogens is 467 g/mol. The molecule has 0 amide bonds. The van der Waals surface area contributed by atoms with Gasteiger partial charge in [0.2, 0.25) is 0 Å². The SMILES string of the molecule is CC(C)CCc1c(CF)n(CCC2CCCCC2)c(=O)n1Cc1ccc(-c2ccccc2C(=O)O)cc1. The topological polar surface area (TPSA) is 64.2 Å². The Balaban J connectivity index is 1.62. The van der Waals surface area contributed by atoms with Gasteiger partial charge in [0.15, 0.2) is 0 Å². The molecule has 5 nitrogen and oxygen atoms in total. The summed E-state index contributed by atoms with van der Waals surface area (Å²) >= 11 is 0. The second-order valence-electron chi connectivity index (χ2n) is 10.8. The van der Waals surface area contributed by atoms with Crippen LogP contribution in [-0.2, 0) is 26.2 Å². The molecule has 0 aliphatic heterocycles. The number of aromatic carboxylic acids is 1. The predicted octanol–water partition coefficient (Wildman–Crippen LogP) is 7.09. The molecule has 37 heavy (non-hydrogen) atoms. The van der Waals surface area contributed by atoms with Crippen molar-refractivity contribution in [3.63, 3.8) is 0 Å². The molecule has 1 aliphatic carbocycles. The van der Waals surface area contributed by atoms with E-state index in [2.05, 4.69) is 13.8 Å². The van der Waals surface area contributed by atoms with Gasteiger partial charge in [-0.25, -0.2) is 14.0 Å². The van der Waals surface area contributed by atoms with E-state index >= 15 is 0 Å². The number of imidazole rings is 1. The minimum atomic E-state index is -0.964. The van der Waals surface area contributed by atoms with Crippen LogP contribution in [0.4, 0.5) is 4.39 Å². The number of hydrogen-bond acceptors (Lipinski definition) is 2. The van der Waals surface area contributed by atoms with E-state index in [1.807, 2.05) is 30.3 Å². The Morgan fingerprint density at radius 1 is 1.00 bits per heavy atom. The average Bonchev–Trinajstić information content (AvgIpc) is 3.16. The van der Waals surface area contributed by atoms with E-state index in [1.54, 1.807) is 27.3 Å². The van der Waals surface area contributed by atoms with Gasteiger partial charge in [-0.15, -0.1) is 0 Å². The molecule has 0 spiro atoms. The zero-order chi connectivity index (χ0) is 26.4. The fourth-order valence-corrected chi connectivity index (χ4v) is 5.62. The number of rotatable bonds is 11. The van der Waals surface area contributed by atoms with Gasteiger partial charge in [-0.2, -0.15) is 0 Å². The Kier molecular flexibility index (Phi) is 9.01. The summed E-state index contributed by atoms with van der Waals surface area (Å²) < 4.78 is 17.8. The van der Waals surface area contributed by atoms with Gasteiger partial charge >= 0.3 is 11.7 Å². The lowest BCUT2D eigenvalue weighted by atomic mass is 9.87. The maximum Gasteiger partial charge on any atom is 0.336 e. The second-order valence-corrected chi connectivity index (χ2v) is 10.8. The van der Waals surface area contributed by atoms with Crippen LogP contribution in [0.3, 0.4) is 0 Å². The molecule has 0 radical (unpaired) electrons. The summed E-state index contributed by atoms with van der Waals surface area (Å²) in [4.78, 5) is 25.2. The van der Waals surface area contributed by atoms with Gasteiger partial charge in [0.25, 0.3) is 0 Å². The zero-order valence-corrected chi connectivity index (χ0v) is 22.1. The first-order chi connectivity index (χ1) is 17.9. The summed E-state index contributed by atoms with van der Waals surface area (Å²) in [5.74, 6) is 0.112. The first-order valence-corrected chi connectivity index (χ1v) is 13.7. The first-order valence-electron chi connectivity index (χ1n) is 13.7. The number of carboxylic acids is 1. The Morgan fingerprint density at radius 3 is 2.35 bits per heavy atom. The van der Waals surface area contributed by atoms with Crippen molar-refractivity contribution >= 4 is 5.97 Å². The van der Waals surface area contributed by atoms with Crippen molar-refractivity contribution in [3.8, 4) is 11.1 Å². The van der Waals surface area contributed by atoms with Gasteiger partial charge < -0.3 is 5.11 Å². The lowest BCUT2D eigenvalue weighted by Gasteiger charge is -2.21. The smallest absolute Gasteiger partial charge is 0.336 e. The molecule has 1 aliphatic rings. The van der Waals surface area contributed by atoms with Gasteiger partial charge in [-0.05, 0) is 53.9 Å². The van der Waals surface area contributed by atoms with Crippen LogP contribution < -0.4 is 5.69 Å². The number of alkyl halides is 1. The number of aromatic nitrogens is 2.